The Balaban J connectivity index is 1.38. The molecule has 10 nitrogen and oxygen atoms in total. The summed E-state index contributed by atoms with van der Waals surface area (Å²) >= 11 is 0. The first-order valence-corrected chi connectivity index (χ1v) is 12.8. The number of hydrogen-bond acceptors (Lipinski definition) is 10. The van der Waals surface area contributed by atoms with Crippen LogP contribution in [0.1, 0.15) is 28.7 Å². The second kappa shape index (κ2) is 9.07. The first-order valence-electron chi connectivity index (χ1n) is 12.8. The molecule has 3 aromatic rings. The minimum Gasteiger partial charge on any atom is -0.502 e. The molecule has 1 unspecified atom stereocenters. The summed E-state index contributed by atoms with van der Waals surface area (Å²) in [6.07, 6.45) is 0. The summed E-state index contributed by atoms with van der Waals surface area (Å²) in [5.41, 5.74) is 3.44. The van der Waals surface area contributed by atoms with Gasteiger partial charge in [0, 0.05) is 23.6 Å². The minimum atomic E-state index is -0.508. The lowest BCUT2D eigenvalue weighted by Crippen LogP contribution is -2.37. The van der Waals surface area contributed by atoms with Gasteiger partial charge in [0.2, 0.25) is 12.5 Å². The molecule has 0 amide bonds. The number of phenols is 1. The number of carbonyl (C=O) groups excluding carboxylic acids is 1. The standard InChI is InChI=1S/C29H27NO9/c1-33-23-7-14(8-24(34-2)28(23)31)25-16-10-21-22(39-13-38-21)11-17(16)27(18-12-37-29(32)26(18)25)30-15-3-4-19-20(9-15)36-6-5-35-19/h3-4,7-11,18,25-27,30-31H,5-6,12-13H2,1-2H3/t18-,25+,26-,27?/m0/s1. The molecule has 1 aliphatic carbocycles. The van der Waals surface area contributed by atoms with Crippen LogP contribution in [0.4, 0.5) is 5.69 Å². The average Bonchev–Trinajstić information content (AvgIpc) is 3.58. The molecule has 39 heavy (non-hydrogen) atoms. The monoisotopic (exact) mass is 533 g/mol. The van der Waals surface area contributed by atoms with Gasteiger partial charge in [-0.05, 0) is 53.1 Å². The molecule has 202 valence electrons. The first kappa shape index (κ1) is 23.6. The number of nitrogens with one attached hydrogen (secondary N) is 1. The lowest BCUT2D eigenvalue weighted by atomic mass is 9.65. The molecule has 3 heterocycles. The number of rotatable bonds is 5. The van der Waals surface area contributed by atoms with Crippen molar-refractivity contribution in [1.82, 2.24) is 0 Å². The van der Waals surface area contributed by atoms with Gasteiger partial charge >= 0.3 is 5.97 Å². The summed E-state index contributed by atoms with van der Waals surface area (Å²) in [6, 6.07) is 12.9. The number of ether oxygens (including phenoxy) is 7. The van der Waals surface area contributed by atoms with Crippen LogP contribution in [-0.4, -0.2) is 51.9 Å². The molecule has 7 rings (SSSR count). The van der Waals surface area contributed by atoms with E-state index in [-0.39, 0.29) is 48.6 Å². The third-order valence-electron chi connectivity index (χ3n) is 7.91. The van der Waals surface area contributed by atoms with Crippen molar-refractivity contribution in [2.75, 3.05) is 46.1 Å². The molecule has 2 N–H and O–H groups in total. The van der Waals surface area contributed by atoms with Gasteiger partial charge in [0.25, 0.3) is 0 Å². The summed E-state index contributed by atoms with van der Waals surface area (Å²) in [5, 5.41) is 14.2. The minimum absolute atomic E-state index is 0.103. The molecular formula is C29H27NO9. The van der Waals surface area contributed by atoms with Gasteiger partial charge in [0.1, 0.15) is 13.2 Å². The SMILES string of the molecule is COc1cc([C@@H]2c3cc4c(cc3C(Nc3ccc5c(c3)OCCO5)[C@H]3COC(=O)[C@H]23)OCO4)cc(OC)c1O. The largest absolute Gasteiger partial charge is 0.502 e. The normalized spacial score (nSPS) is 23.9. The number of cyclic esters (lactones) is 1. The molecule has 0 saturated carbocycles. The van der Waals surface area contributed by atoms with Gasteiger partial charge in [-0.1, -0.05) is 0 Å². The molecule has 0 radical (unpaired) electrons. The van der Waals surface area contributed by atoms with Crippen molar-refractivity contribution < 1.29 is 43.1 Å². The zero-order valence-corrected chi connectivity index (χ0v) is 21.4. The number of fused-ring (bicyclic) bond motifs is 4. The van der Waals surface area contributed by atoms with Crippen molar-refractivity contribution in [3.63, 3.8) is 0 Å². The van der Waals surface area contributed by atoms with Crippen LogP contribution < -0.4 is 33.7 Å². The van der Waals surface area contributed by atoms with Crippen molar-refractivity contribution >= 4 is 11.7 Å². The third kappa shape index (κ3) is 3.73. The topological polar surface area (TPSA) is 114 Å². The Kier molecular flexibility index (Phi) is 5.50. The summed E-state index contributed by atoms with van der Waals surface area (Å²) in [7, 11) is 2.95. The van der Waals surface area contributed by atoms with Gasteiger partial charge in [-0.2, -0.15) is 0 Å². The summed E-state index contributed by atoms with van der Waals surface area (Å²) in [4.78, 5) is 13.3. The fourth-order valence-electron chi connectivity index (χ4n) is 6.15. The molecule has 4 aliphatic rings. The average molecular weight is 534 g/mol. The fourth-order valence-corrected chi connectivity index (χ4v) is 6.15. The van der Waals surface area contributed by atoms with E-state index in [9.17, 15) is 9.90 Å². The maximum Gasteiger partial charge on any atom is 0.310 e. The van der Waals surface area contributed by atoms with E-state index >= 15 is 0 Å². The van der Waals surface area contributed by atoms with E-state index < -0.39 is 11.8 Å². The van der Waals surface area contributed by atoms with Crippen LogP contribution in [0, 0.1) is 11.8 Å². The molecule has 0 spiro atoms. The van der Waals surface area contributed by atoms with Gasteiger partial charge in [-0.15, -0.1) is 0 Å². The van der Waals surface area contributed by atoms with E-state index in [1.54, 1.807) is 12.1 Å². The number of esters is 1. The Morgan fingerprint density at radius 3 is 2.21 bits per heavy atom. The van der Waals surface area contributed by atoms with Gasteiger partial charge in [0.05, 0.1) is 32.8 Å². The zero-order chi connectivity index (χ0) is 26.7. The van der Waals surface area contributed by atoms with Crippen molar-refractivity contribution in [2.45, 2.75) is 12.0 Å². The van der Waals surface area contributed by atoms with Crippen LogP contribution in [0.25, 0.3) is 0 Å². The quantitative estimate of drug-likeness (QED) is 0.467. The van der Waals surface area contributed by atoms with Gasteiger partial charge in [-0.25, -0.2) is 0 Å². The molecule has 3 aliphatic heterocycles. The highest BCUT2D eigenvalue weighted by molar-refractivity contribution is 5.79. The predicted molar refractivity (Wildman–Crippen MR) is 137 cm³/mol. The van der Waals surface area contributed by atoms with Gasteiger partial charge in [0.15, 0.2) is 34.5 Å². The lowest BCUT2D eigenvalue weighted by molar-refractivity contribution is -0.141. The Labute approximate surface area is 224 Å². The number of hydrogen-bond donors (Lipinski definition) is 2. The maximum absolute atomic E-state index is 13.3. The van der Waals surface area contributed by atoms with Crippen LogP contribution in [-0.2, 0) is 9.53 Å². The van der Waals surface area contributed by atoms with Crippen LogP contribution in [0.15, 0.2) is 42.5 Å². The van der Waals surface area contributed by atoms with E-state index in [1.807, 2.05) is 30.3 Å². The van der Waals surface area contributed by atoms with Gasteiger partial charge < -0.3 is 43.6 Å². The summed E-state index contributed by atoms with van der Waals surface area (Å²) < 4.78 is 39.5. The molecule has 0 aromatic heterocycles. The number of aromatic hydroxyl groups is 1. The molecule has 0 bridgehead atoms. The van der Waals surface area contributed by atoms with Crippen LogP contribution in [0.5, 0.6) is 40.2 Å². The second-order valence-corrected chi connectivity index (χ2v) is 9.89. The Morgan fingerprint density at radius 2 is 1.49 bits per heavy atom. The Morgan fingerprint density at radius 1 is 0.821 bits per heavy atom. The summed E-state index contributed by atoms with van der Waals surface area (Å²) in [6.45, 7) is 1.38. The van der Waals surface area contributed by atoms with Crippen molar-refractivity contribution in [2.24, 2.45) is 11.8 Å². The number of anilines is 1. The molecule has 10 heteroatoms. The number of methoxy groups -OCH3 is 2. The van der Waals surface area contributed by atoms with E-state index in [1.165, 1.54) is 14.2 Å². The molecule has 1 fully saturated rings. The van der Waals surface area contributed by atoms with Crippen LogP contribution in [0.2, 0.25) is 0 Å². The van der Waals surface area contributed by atoms with Crippen molar-refractivity contribution in [1.29, 1.82) is 0 Å². The maximum atomic E-state index is 13.3. The van der Waals surface area contributed by atoms with E-state index in [0.29, 0.717) is 36.2 Å². The highest BCUT2D eigenvalue weighted by Gasteiger charge is 2.52. The van der Waals surface area contributed by atoms with E-state index in [4.69, 9.17) is 33.2 Å². The smallest absolute Gasteiger partial charge is 0.310 e. The highest BCUT2D eigenvalue weighted by Crippen LogP contribution is 2.56. The van der Waals surface area contributed by atoms with Crippen molar-refractivity contribution in [3.05, 3.63) is 59.2 Å². The molecule has 4 atom stereocenters. The molecule has 1 saturated heterocycles. The molecule has 3 aromatic carbocycles. The van der Waals surface area contributed by atoms with E-state index in [0.717, 1.165) is 22.4 Å². The summed E-state index contributed by atoms with van der Waals surface area (Å²) in [5.74, 6) is 1.64. The number of phenolic OH excluding ortho intramolecular Hbond substituents is 1. The third-order valence-corrected chi connectivity index (χ3v) is 7.91. The predicted octanol–water partition coefficient (Wildman–Crippen LogP) is 4.00. The van der Waals surface area contributed by atoms with E-state index in [2.05, 4.69) is 5.32 Å². The number of carbonyl (C=O) groups is 1. The fraction of sp³-hybridized carbons (Fsp3) is 0.345. The Hall–Kier alpha value is -4.47. The highest BCUT2D eigenvalue weighted by atomic mass is 16.7. The zero-order valence-electron chi connectivity index (χ0n) is 21.4. The second-order valence-electron chi connectivity index (χ2n) is 9.89. The van der Waals surface area contributed by atoms with Crippen LogP contribution >= 0.6 is 0 Å². The van der Waals surface area contributed by atoms with Crippen molar-refractivity contribution in [3.8, 4) is 40.2 Å². The Bertz CT molecular complexity index is 1450. The van der Waals surface area contributed by atoms with Gasteiger partial charge in [-0.3, -0.25) is 4.79 Å². The van der Waals surface area contributed by atoms with Crippen LogP contribution in [0.3, 0.4) is 0 Å². The first-order chi connectivity index (χ1) is 19.1. The number of benzene rings is 3. The lowest BCUT2D eigenvalue weighted by Gasteiger charge is -2.40. The molecular weight excluding hydrogens is 506 g/mol.